The van der Waals surface area contributed by atoms with Crippen LogP contribution in [0, 0.1) is 6.92 Å². The normalized spacial score (nSPS) is 11.0. The van der Waals surface area contributed by atoms with Gasteiger partial charge in [0.05, 0.1) is 5.75 Å². The monoisotopic (exact) mass is 589 g/mol. The van der Waals surface area contributed by atoms with Crippen LogP contribution in [0.25, 0.3) is 6.08 Å². The van der Waals surface area contributed by atoms with Gasteiger partial charge in [-0.25, -0.2) is 0 Å². The van der Waals surface area contributed by atoms with Crippen molar-refractivity contribution < 1.29 is 14.4 Å². The number of thioether (sulfide) groups is 1. The quantitative estimate of drug-likeness (QED) is 0.140. The van der Waals surface area contributed by atoms with Gasteiger partial charge in [-0.1, -0.05) is 59.6 Å². The highest BCUT2D eigenvalue weighted by molar-refractivity contribution is 8.00. The second-order valence-corrected chi connectivity index (χ2v) is 10.6. The maximum atomic E-state index is 13.3. The maximum absolute atomic E-state index is 13.3. The number of anilines is 2. The first-order chi connectivity index (χ1) is 19.3. The largest absolute Gasteiger partial charge is 0.325 e. The molecular weight excluding hydrogens is 565 g/mol. The van der Waals surface area contributed by atoms with E-state index in [-0.39, 0.29) is 17.4 Å². The van der Waals surface area contributed by atoms with Gasteiger partial charge in [-0.3, -0.25) is 14.4 Å². The van der Waals surface area contributed by atoms with Crippen LogP contribution in [0.3, 0.4) is 0 Å². The Bertz CT molecular complexity index is 1540. The van der Waals surface area contributed by atoms with Gasteiger partial charge < -0.3 is 16.0 Å². The second-order valence-electron chi connectivity index (χ2n) is 8.70. The SMILES string of the molecule is Cc1cccc(NC(=O)CSc2ccc(NC(=O)/C(=C/c3c(Cl)cccc3Cl)NC(=O)c3ccccc3)cc2)c1. The lowest BCUT2D eigenvalue weighted by molar-refractivity contribution is -0.114. The Morgan fingerprint density at radius 3 is 2.12 bits per heavy atom. The van der Waals surface area contributed by atoms with Crippen LogP contribution >= 0.6 is 35.0 Å². The highest BCUT2D eigenvalue weighted by Crippen LogP contribution is 2.27. The summed E-state index contributed by atoms with van der Waals surface area (Å²) < 4.78 is 0. The number of aryl methyl sites for hydroxylation is 1. The lowest BCUT2D eigenvalue weighted by Crippen LogP contribution is -2.30. The predicted octanol–water partition coefficient (Wildman–Crippen LogP) is 7.44. The summed E-state index contributed by atoms with van der Waals surface area (Å²) in [5, 5.41) is 9.01. The van der Waals surface area contributed by atoms with Crippen molar-refractivity contribution in [1.82, 2.24) is 5.32 Å². The van der Waals surface area contributed by atoms with E-state index in [1.807, 2.05) is 31.2 Å². The van der Waals surface area contributed by atoms with Crippen molar-refractivity contribution >= 4 is 70.1 Å². The standard InChI is InChI=1S/C31H25Cl2N3O3S/c1-20-7-5-10-23(17-20)34-29(37)19-40-24-15-13-22(14-16-24)35-31(39)28(18-25-26(32)11-6-12-27(25)33)36-30(38)21-8-3-2-4-9-21/h2-18H,19H2,1H3,(H,34,37)(H,35,39)(H,36,38)/b28-18-. The fraction of sp³-hybridized carbons (Fsp3) is 0.0645. The lowest BCUT2D eigenvalue weighted by atomic mass is 10.1. The third-order valence-corrected chi connectivity index (χ3v) is 7.27. The number of hydrogen-bond acceptors (Lipinski definition) is 4. The molecule has 3 N–H and O–H groups in total. The van der Waals surface area contributed by atoms with Crippen molar-refractivity contribution in [1.29, 1.82) is 0 Å². The van der Waals surface area contributed by atoms with Gasteiger partial charge in [-0.15, -0.1) is 11.8 Å². The Morgan fingerprint density at radius 2 is 1.45 bits per heavy atom. The van der Waals surface area contributed by atoms with Gasteiger partial charge in [0.1, 0.15) is 5.70 Å². The van der Waals surface area contributed by atoms with E-state index in [4.69, 9.17) is 23.2 Å². The molecule has 0 aliphatic rings. The van der Waals surface area contributed by atoms with Crippen LogP contribution in [-0.2, 0) is 9.59 Å². The third-order valence-electron chi connectivity index (χ3n) is 5.60. The van der Waals surface area contributed by atoms with Gasteiger partial charge in [0.25, 0.3) is 11.8 Å². The summed E-state index contributed by atoms with van der Waals surface area (Å²) in [6.45, 7) is 1.96. The maximum Gasteiger partial charge on any atom is 0.272 e. The van der Waals surface area contributed by atoms with Gasteiger partial charge in [-0.05, 0) is 79.2 Å². The first-order valence-corrected chi connectivity index (χ1v) is 14.0. The van der Waals surface area contributed by atoms with Gasteiger partial charge >= 0.3 is 0 Å². The minimum absolute atomic E-state index is 0.0323. The average Bonchev–Trinajstić information content (AvgIpc) is 2.94. The Balaban J connectivity index is 1.44. The second kappa shape index (κ2) is 13.8. The smallest absolute Gasteiger partial charge is 0.272 e. The van der Waals surface area contributed by atoms with Gasteiger partial charge in [0.15, 0.2) is 0 Å². The summed E-state index contributed by atoms with van der Waals surface area (Å²) >= 11 is 14.0. The molecule has 0 atom stereocenters. The topological polar surface area (TPSA) is 87.3 Å². The highest BCUT2D eigenvalue weighted by atomic mass is 35.5. The Hall–Kier alpha value is -4.04. The number of hydrogen-bond donors (Lipinski definition) is 3. The average molecular weight is 591 g/mol. The van der Waals surface area contributed by atoms with E-state index in [1.54, 1.807) is 72.8 Å². The van der Waals surface area contributed by atoms with E-state index in [0.29, 0.717) is 26.9 Å². The molecule has 0 aliphatic heterocycles. The molecule has 0 bridgehead atoms. The fourth-order valence-corrected chi connectivity index (χ4v) is 4.84. The van der Waals surface area contributed by atoms with Crippen molar-refractivity contribution in [2.75, 3.05) is 16.4 Å². The molecule has 9 heteroatoms. The molecule has 4 rings (SSSR count). The van der Waals surface area contributed by atoms with E-state index >= 15 is 0 Å². The van der Waals surface area contributed by atoms with Gasteiger partial charge in [0, 0.05) is 37.4 Å². The Morgan fingerprint density at radius 1 is 0.775 bits per heavy atom. The van der Waals surface area contributed by atoms with E-state index in [0.717, 1.165) is 16.1 Å². The van der Waals surface area contributed by atoms with E-state index < -0.39 is 11.8 Å². The number of nitrogens with one attached hydrogen (secondary N) is 3. The number of carbonyl (C=O) groups is 3. The molecule has 0 saturated carbocycles. The van der Waals surface area contributed by atoms with Crippen LogP contribution in [0.15, 0.2) is 108 Å². The van der Waals surface area contributed by atoms with Crippen LogP contribution in [0.2, 0.25) is 10.0 Å². The van der Waals surface area contributed by atoms with E-state index in [2.05, 4.69) is 16.0 Å². The Labute approximate surface area is 246 Å². The number of halogens is 2. The van der Waals surface area contributed by atoms with Crippen LogP contribution < -0.4 is 16.0 Å². The minimum atomic E-state index is -0.557. The number of carbonyl (C=O) groups excluding carboxylic acids is 3. The Kier molecular flexibility index (Phi) is 10.0. The first kappa shape index (κ1) is 29.0. The number of amides is 3. The molecule has 4 aromatic rings. The summed E-state index contributed by atoms with van der Waals surface area (Å²) in [6.07, 6.45) is 1.44. The molecule has 202 valence electrons. The fourth-order valence-electron chi connectivity index (χ4n) is 3.64. The molecule has 40 heavy (non-hydrogen) atoms. The molecule has 3 amide bonds. The van der Waals surface area contributed by atoms with Gasteiger partial charge in [-0.2, -0.15) is 0 Å². The molecule has 4 aromatic carbocycles. The minimum Gasteiger partial charge on any atom is -0.325 e. The van der Waals surface area contributed by atoms with Crippen molar-refractivity contribution in [3.8, 4) is 0 Å². The number of rotatable bonds is 9. The van der Waals surface area contributed by atoms with E-state index in [1.165, 1.54) is 17.8 Å². The summed E-state index contributed by atoms with van der Waals surface area (Å²) in [5.41, 5.74) is 3.08. The summed E-state index contributed by atoms with van der Waals surface area (Å²) in [6, 6.07) is 28.2. The number of benzene rings is 4. The van der Waals surface area contributed by atoms with E-state index in [9.17, 15) is 14.4 Å². The predicted molar refractivity (Wildman–Crippen MR) is 164 cm³/mol. The summed E-state index contributed by atoms with van der Waals surface area (Å²) in [5.74, 6) is -0.898. The van der Waals surface area contributed by atoms with Crippen LogP contribution in [-0.4, -0.2) is 23.5 Å². The van der Waals surface area contributed by atoms with Crippen LogP contribution in [0.5, 0.6) is 0 Å². The molecule has 0 spiro atoms. The molecule has 0 fully saturated rings. The molecule has 0 unspecified atom stereocenters. The lowest BCUT2D eigenvalue weighted by Gasteiger charge is -2.13. The summed E-state index contributed by atoms with van der Waals surface area (Å²) in [7, 11) is 0. The van der Waals surface area contributed by atoms with Crippen LogP contribution in [0.4, 0.5) is 11.4 Å². The molecule has 0 aliphatic carbocycles. The molecule has 0 heterocycles. The first-order valence-electron chi connectivity index (χ1n) is 12.2. The van der Waals surface area contributed by atoms with Gasteiger partial charge in [0.2, 0.25) is 5.91 Å². The molecular formula is C31H25Cl2N3O3S. The van der Waals surface area contributed by atoms with Crippen molar-refractivity contribution in [3.63, 3.8) is 0 Å². The zero-order valence-corrected chi connectivity index (χ0v) is 23.7. The highest BCUT2D eigenvalue weighted by Gasteiger charge is 2.17. The zero-order chi connectivity index (χ0) is 28.5. The molecule has 0 radical (unpaired) electrons. The molecule has 0 aromatic heterocycles. The third kappa shape index (κ3) is 8.23. The van der Waals surface area contributed by atoms with Crippen molar-refractivity contribution in [2.45, 2.75) is 11.8 Å². The van der Waals surface area contributed by atoms with Crippen molar-refractivity contribution in [3.05, 3.63) is 129 Å². The van der Waals surface area contributed by atoms with Crippen molar-refractivity contribution in [2.24, 2.45) is 0 Å². The zero-order valence-electron chi connectivity index (χ0n) is 21.4. The molecule has 0 saturated heterocycles. The van der Waals surface area contributed by atoms with Crippen LogP contribution in [0.1, 0.15) is 21.5 Å². The summed E-state index contributed by atoms with van der Waals surface area (Å²) in [4.78, 5) is 39.3. The molecule has 6 nitrogen and oxygen atoms in total.